The Kier molecular flexibility index (Phi) is 6.79. The third-order valence-corrected chi connectivity index (χ3v) is 2.39. The Hall–Kier alpha value is -0.380. The van der Waals surface area contributed by atoms with Crippen LogP contribution in [0.5, 0.6) is 0 Å². The standard InChI is InChI=1S/C9H13N3.2ClH/c1-3-10-4-2-8(1)9-5-11-7-12-6-9;;/h5-8,10H,1-4H2;2*1H. The average molecular weight is 236 g/mol. The SMILES string of the molecule is Cl.Cl.c1ncc(C2CCNCC2)cn1. The van der Waals surface area contributed by atoms with Gasteiger partial charge in [0, 0.05) is 12.4 Å². The van der Waals surface area contributed by atoms with Gasteiger partial charge in [0.2, 0.25) is 0 Å². The molecule has 14 heavy (non-hydrogen) atoms. The van der Waals surface area contributed by atoms with Crippen LogP contribution in [0, 0.1) is 0 Å². The van der Waals surface area contributed by atoms with Gasteiger partial charge in [0.15, 0.2) is 0 Å². The summed E-state index contributed by atoms with van der Waals surface area (Å²) in [5, 5.41) is 3.34. The van der Waals surface area contributed by atoms with Gasteiger partial charge in [-0.1, -0.05) is 0 Å². The number of piperidine rings is 1. The summed E-state index contributed by atoms with van der Waals surface area (Å²) >= 11 is 0. The molecule has 1 aromatic heterocycles. The number of nitrogens with one attached hydrogen (secondary N) is 1. The zero-order valence-electron chi connectivity index (χ0n) is 7.85. The molecule has 1 fully saturated rings. The lowest BCUT2D eigenvalue weighted by Gasteiger charge is -2.21. The Morgan fingerprint density at radius 1 is 1.07 bits per heavy atom. The lowest BCUT2D eigenvalue weighted by atomic mass is 9.92. The van der Waals surface area contributed by atoms with Crippen molar-refractivity contribution in [1.82, 2.24) is 15.3 Å². The van der Waals surface area contributed by atoms with Crippen molar-refractivity contribution in [3.05, 3.63) is 24.3 Å². The summed E-state index contributed by atoms with van der Waals surface area (Å²) in [5.74, 6) is 0.674. The predicted octanol–water partition coefficient (Wildman–Crippen LogP) is 1.79. The third kappa shape index (κ3) is 3.40. The Balaban J connectivity index is 0.000000845. The highest BCUT2D eigenvalue weighted by molar-refractivity contribution is 5.85. The quantitative estimate of drug-likeness (QED) is 0.807. The molecule has 1 saturated heterocycles. The Morgan fingerprint density at radius 3 is 2.21 bits per heavy atom. The molecule has 80 valence electrons. The van der Waals surface area contributed by atoms with E-state index in [0.29, 0.717) is 5.92 Å². The number of hydrogen-bond donors (Lipinski definition) is 1. The van der Waals surface area contributed by atoms with Crippen LogP contribution in [0.25, 0.3) is 0 Å². The molecular weight excluding hydrogens is 221 g/mol. The molecule has 1 aliphatic rings. The van der Waals surface area contributed by atoms with Crippen LogP contribution >= 0.6 is 24.8 Å². The van der Waals surface area contributed by atoms with E-state index in [4.69, 9.17) is 0 Å². The molecule has 0 unspecified atom stereocenters. The second-order valence-electron chi connectivity index (χ2n) is 3.20. The predicted molar refractivity (Wildman–Crippen MR) is 61.4 cm³/mol. The monoisotopic (exact) mass is 235 g/mol. The van der Waals surface area contributed by atoms with E-state index >= 15 is 0 Å². The van der Waals surface area contributed by atoms with E-state index in [2.05, 4.69) is 15.3 Å². The Labute approximate surface area is 96.5 Å². The van der Waals surface area contributed by atoms with E-state index in [0.717, 1.165) is 13.1 Å². The lowest BCUT2D eigenvalue weighted by molar-refractivity contribution is 0.458. The van der Waals surface area contributed by atoms with Crippen molar-refractivity contribution in [2.24, 2.45) is 0 Å². The summed E-state index contributed by atoms with van der Waals surface area (Å²) in [6.07, 6.45) is 7.89. The van der Waals surface area contributed by atoms with Crippen molar-refractivity contribution in [2.75, 3.05) is 13.1 Å². The molecule has 2 rings (SSSR count). The van der Waals surface area contributed by atoms with Gasteiger partial charge in [-0.05, 0) is 37.4 Å². The second-order valence-corrected chi connectivity index (χ2v) is 3.20. The van der Waals surface area contributed by atoms with Gasteiger partial charge in [-0.15, -0.1) is 24.8 Å². The Bertz CT molecular complexity index is 237. The van der Waals surface area contributed by atoms with Gasteiger partial charge in [-0.25, -0.2) is 9.97 Å². The van der Waals surface area contributed by atoms with E-state index in [9.17, 15) is 0 Å². The van der Waals surface area contributed by atoms with Crippen LogP contribution in [0.2, 0.25) is 0 Å². The molecule has 0 atom stereocenters. The maximum Gasteiger partial charge on any atom is 0.115 e. The highest BCUT2D eigenvalue weighted by Crippen LogP contribution is 2.23. The summed E-state index contributed by atoms with van der Waals surface area (Å²) in [7, 11) is 0. The summed E-state index contributed by atoms with van der Waals surface area (Å²) in [4.78, 5) is 8.06. The van der Waals surface area contributed by atoms with Crippen molar-refractivity contribution in [3.63, 3.8) is 0 Å². The minimum atomic E-state index is 0. The van der Waals surface area contributed by atoms with Gasteiger partial charge in [0.05, 0.1) is 0 Å². The van der Waals surface area contributed by atoms with Crippen LogP contribution in [-0.4, -0.2) is 23.1 Å². The second kappa shape index (κ2) is 6.98. The third-order valence-electron chi connectivity index (χ3n) is 2.39. The van der Waals surface area contributed by atoms with Gasteiger partial charge in [-0.3, -0.25) is 0 Å². The van der Waals surface area contributed by atoms with Crippen molar-refractivity contribution in [3.8, 4) is 0 Å². The van der Waals surface area contributed by atoms with E-state index in [1.165, 1.54) is 18.4 Å². The summed E-state index contributed by atoms with van der Waals surface area (Å²) < 4.78 is 0. The van der Waals surface area contributed by atoms with Crippen LogP contribution in [0.15, 0.2) is 18.7 Å². The van der Waals surface area contributed by atoms with E-state index < -0.39 is 0 Å². The fourth-order valence-corrected chi connectivity index (χ4v) is 1.68. The van der Waals surface area contributed by atoms with Crippen LogP contribution in [0.1, 0.15) is 24.3 Å². The largest absolute Gasteiger partial charge is 0.317 e. The van der Waals surface area contributed by atoms with Gasteiger partial charge >= 0.3 is 0 Å². The maximum absolute atomic E-state index is 4.03. The van der Waals surface area contributed by atoms with Crippen molar-refractivity contribution in [2.45, 2.75) is 18.8 Å². The number of halogens is 2. The Morgan fingerprint density at radius 2 is 1.64 bits per heavy atom. The molecule has 0 amide bonds. The molecule has 1 aliphatic heterocycles. The molecule has 0 aliphatic carbocycles. The lowest BCUT2D eigenvalue weighted by Crippen LogP contribution is -2.26. The summed E-state index contributed by atoms with van der Waals surface area (Å²) in [5.41, 5.74) is 1.29. The topological polar surface area (TPSA) is 37.8 Å². The molecule has 2 heterocycles. The molecule has 0 bridgehead atoms. The zero-order chi connectivity index (χ0) is 8.23. The van der Waals surface area contributed by atoms with Gasteiger partial charge in [0.25, 0.3) is 0 Å². The minimum Gasteiger partial charge on any atom is -0.317 e. The fourth-order valence-electron chi connectivity index (χ4n) is 1.68. The molecule has 0 spiro atoms. The number of nitrogens with zero attached hydrogens (tertiary/aromatic N) is 2. The molecule has 5 heteroatoms. The van der Waals surface area contributed by atoms with Crippen LogP contribution in [0.3, 0.4) is 0 Å². The number of rotatable bonds is 1. The maximum atomic E-state index is 4.03. The van der Waals surface area contributed by atoms with Crippen molar-refractivity contribution < 1.29 is 0 Å². The first-order valence-corrected chi connectivity index (χ1v) is 4.42. The number of hydrogen-bond acceptors (Lipinski definition) is 3. The summed E-state index contributed by atoms with van der Waals surface area (Å²) in [6, 6.07) is 0. The zero-order valence-corrected chi connectivity index (χ0v) is 9.48. The first kappa shape index (κ1) is 13.6. The highest BCUT2D eigenvalue weighted by Gasteiger charge is 2.14. The average Bonchev–Trinajstić information content (AvgIpc) is 2.21. The molecule has 0 radical (unpaired) electrons. The van der Waals surface area contributed by atoms with Crippen molar-refractivity contribution in [1.29, 1.82) is 0 Å². The normalized spacial score (nSPS) is 16.6. The molecule has 0 aromatic carbocycles. The van der Waals surface area contributed by atoms with Crippen molar-refractivity contribution >= 4 is 24.8 Å². The first-order valence-electron chi connectivity index (χ1n) is 4.42. The van der Waals surface area contributed by atoms with E-state index in [1.54, 1.807) is 6.33 Å². The molecule has 1 N–H and O–H groups in total. The highest BCUT2D eigenvalue weighted by atomic mass is 35.5. The first-order chi connectivity index (χ1) is 5.97. The van der Waals surface area contributed by atoms with Gasteiger partial charge in [0.1, 0.15) is 6.33 Å². The van der Waals surface area contributed by atoms with Gasteiger partial charge < -0.3 is 5.32 Å². The number of aromatic nitrogens is 2. The minimum absolute atomic E-state index is 0. The molecule has 3 nitrogen and oxygen atoms in total. The van der Waals surface area contributed by atoms with E-state index in [-0.39, 0.29) is 24.8 Å². The summed E-state index contributed by atoms with van der Waals surface area (Å²) in [6.45, 7) is 2.25. The van der Waals surface area contributed by atoms with Crippen LogP contribution < -0.4 is 5.32 Å². The van der Waals surface area contributed by atoms with Crippen LogP contribution in [-0.2, 0) is 0 Å². The van der Waals surface area contributed by atoms with E-state index in [1.807, 2.05) is 12.4 Å². The van der Waals surface area contributed by atoms with Crippen LogP contribution in [0.4, 0.5) is 0 Å². The molecule has 0 saturated carbocycles. The smallest absolute Gasteiger partial charge is 0.115 e. The molecule has 1 aromatic rings. The van der Waals surface area contributed by atoms with Gasteiger partial charge in [-0.2, -0.15) is 0 Å². The fraction of sp³-hybridized carbons (Fsp3) is 0.556. The molecular formula is C9H15Cl2N3.